The summed E-state index contributed by atoms with van der Waals surface area (Å²) >= 11 is 0. The molecule has 0 unspecified atom stereocenters. The van der Waals surface area contributed by atoms with Crippen LogP contribution in [0.2, 0.25) is 0 Å². The van der Waals surface area contributed by atoms with Gasteiger partial charge in [0, 0.05) is 6.54 Å². The highest BCUT2D eigenvalue weighted by Gasteiger charge is 2.18. The van der Waals surface area contributed by atoms with Crippen LogP contribution in [-0.2, 0) is 14.8 Å². The normalized spacial score (nSPS) is 11.2. The van der Waals surface area contributed by atoms with Crippen LogP contribution in [0.4, 0.5) is 0 Å². The molecule has 2 aromatic rings. The largest absolute Gasteiger partial charge is 0.492 e. The summed E-state index contributed by atoms with van der Waals surface area (Å²) < 4.78 is 37.6. The summed E-state index contributed by atoms with van der Waals surface area (Å²) in [6.45, 7) is 5.96. The maximum Gasteiger partial charge on any atom is 0.338 e. The summed E-state index contributed by atoms with van der Waals surface area (Å²) in [5.74, 6) is 0.128. The van der Waals surface area contributed by atoms with Gasteiger partial charge in [-0.05, 0) is 61.7 Å². The number of methoxy groups -OCH3 is 1. The Hall–Kier alpha value is -2.38. The van der Waals surface area contributed by atoms with Crippen LogP contribution in [0.25, 0.3) is 0 Å². The number of ether oxygens (including phenoxy) is 2. The van der Waals surface area contributed by atoms with Gasteiger partial charge in [0.05, 0.1) is 17.6 Å². The van der Waals surface area contributed by atoms with Crippen LogP contribution >= 0.6 is 0 Å². The number of benzene rings is 2. The van der Waals surface area contributed by atoms with Crippen LogP contribution in [0.5, 0.6) is 5.75 Å². The van der Waals surface area contributed by atoms with E-state index in [1.807, 2.05) is 32.0 Å². The van der Waals surface area contributed by atoms with Crippen LogP contribution in [0, 0.1) is 20.8 Å². The predicted octanol–water partition coefficient (Wildman–Crippen LogP) is 2.76. The molecule has 26 heavy (non-hydrogen) atoms. The topological polar surface area (TPSA) is 81.7 Å². The van der Waals surface area contributed by atoms with Gasteiger partial charge in [0.15, 0.2) is 0 Å². The monoisotopic (exact) mass is 377 g/mol. The summed E-state index contributed by atoms with van der Waals surface area (Å²) in [5, 5.41) is 0. The van der Waals surface area contributed by atoms with E-state index in [0.717, 1.165) is 11.1 Å². The second-order valence-corrected chi connectivity index (χ2v) is 7.80. The van der Waals surface area contributed by atoms with Crippen molar-refractivity contribution in [3.63, 3.8) is 0 Å². The zero-order chi connectivity index (χ0) is 19.3. The van der Waals surface area contributed by atoms with Gasteiger partial charge >= 0.3 is 5.97 Å². The molecular weight excluding hydrogens is 354 g/mol. The second-order valence-electron chi connectivity index (χ2n) is 6.04. The van der Waals surface area contributed by atoms with Gasteiger partial charge in [-0.3, -0.25) is 0 Å². The number of esters is 1. The minimum Gasteiger partial charge on any atom is -0.492 e. The van der Waals surface area contributed by atoms with Crippen LogP contribution in [0.15, 0.2) is 41.3 Å². The molecule has 0 heterocycles. The van der Waals surface area contributed by atoms with Gasteiger partial charge in [-0.2, -0.15) is 0 Å². The Kier molecular flexibility index (Phi) is 6.39. The van der Waals surface area contributed by atoms with E-state index in [4.69, 9.17) is 4.74 Å². The van der Waals surface area contributed by atoms with Gasteiger partial charge in [0.2, 0.25) is 10.0 Å². The molecule has 0 saturated carbocycles. The van der Waals surface area contributed by atoms with Crippen molar-refractivity contribution in [1.29, 1.82) is 0 Å². The Labute approximate surface area is 154 Å². The summed E-state index contributed by atoms with van der Waals surface area (Å²) in [7, 11) is -2.49. The molecule has 1 N–H and O–H groups in total. The molecule has 6 nitrogen and oxygen atoms in total. The molecule has 0 fully saturated rings. The summed E-state index contributed by atoms with van der Waals surface area (Å²) in [5.41, 5.74) is 3.03. The first-order chi connectivity index (χ1) is 12.2. The highest BCUT2D eigenvalue weighted by atomic mass is 32.2. The first kappa shape index (κ1) is 19.9. The Morgan fingerprint density at radius 3 is 2.31 bits per heavy atom. The molecule has 0 aliphatic rings. The number of carbonyl (C=O) groups excluding carboxylic acids is 1. The van der Waals surface area contributed by atoms with E-state index >= 15 is 0 Å². The molecule has 0 bridgehead atoms. The number of rotatable bonds is 7. The Balaban J connectivity index is 2.01. The number of carbonyl (C=O) groups is 1. The van der Waals surface area contributed by atoms with Crippen LogP contribution in [0.1, 0.15) is 27.0 Å². The van der Waals surface area contributed by atoms with Gasteiger partial charge in [-0.15, -0.1) is 0 Å². The van der Waals surface area contributed by atoms with Crippen molar-refractivity contribution >= 4 is 16.0 Å². The maximum atomic E-state index is 12.4. The lowest BCUT2D eigenvalue weighted by atomic mass is 10.1. The first-order valence-corrected chi connectivity index (χ1v) is 9.61. The van der Waals surface area contributed by atoms with Gasteiger partial charge < -0.3 is 9.47 Å². The van der Waals surface area contributed by atoms with E-state index in [0.29, 0.717) is 11.3 Å². The SMILES string of the molecule is COC(=O)c1cc(S(=O)(=O)NCCOc2cc(C)cc(C)c2)ccc1C. The van der Waals surface area contributed by atoms with Crippen molar-refractivity contribution in [2.24, 2.45) is 0 Å². The molecule has 0 amide bonds. The fourth-order valence-electron chi connectivity index (χ4n) is 2.54. The number of sulfonamides is 1. The smallest absolute Gasteiger partial charge is 0.338 e. The van der Waals surface area contributed by atoms with E-state index < -0.39 is 16.0 Å². The highest BCUT2D eigenvalue weighted by Crippen LogP contribution is 2.17. The van der Waals surface area contributed by atoms with Crippen molar-refractivity contribution in [2.45, 2.75) is 25.7 Å². The average molecular weight is 377 g/mol. The second kappa shape index (κ2) is 8.33. The molecule has 0 aromatic heterocycles. The minimum atomic E-state index is -3.75. The van der Waals surface area contributed by atoms with E-state index in [1.165, 1.54) is 19.2 Å². The van der Waals surface area contributed by atoms with Crippen molar-refractivity contribution in [3.8, 4) is 5.75 Å². The summed E-state index contributed by atoms with van der Waals surface area (Å²) in [4.78, 5) is 11.7. The summed E-state index contributed by atoms with van der Waals surface area (Å²) in [6.07, 6.45) is 0. The molecule has 7 heteroatoms. The third kappa shape index (κ3) is 5.06. The maximum absolute atomic E-state index is 12.4. The van der Waals surface area contributed by atoms with Gasteiger partial charge in [0.25, 0.3) is 0 Å². The zero-order valence-electron chi connectivity index (χ0n) is 15.3. The molecule has 0 saturated heterocycles. The van der Waals surface area contributed by atoms with Crippen molar-refractivity contribution < 1.29 is 22.7 Å². The molecule has 0 spiro atoms. The molecule has 140 valence electrons. The fourth-order valence-corrected chi connectivity index (χ4v) is 3.58. The molecule has 2 aromatic carbocycles. The Morgan fingerprint density at radius 1 is 1.04 bits per heavy atom. The van der Waals surface area contributed by atoms with E-state index in [-0.39, 0.29) is 23.6 Å². The molecule has 2 rings (SSSR count). The fraction of sp³-hybridized carbons (Fsp3) is 0.316. The third-order valence-electron chi connectivity index (χ3n) is 3.78. The van der Waals surface area contributed by atoms with Crippen LogP contribution in [0.3, 0.4) is 0 Å². The summed E-state index contributed by atoms with van der Waals surface area (Å²) in [6, 6.07) is 10.2. The number of nitrogens with one attached hydrogen (secondary N) is 1. The van der Waals surface area contributed by atoms with Crippen molar-refractivity contribution in [1.82, 2.24) is 4.72 Å². The van der Waals surface area contributed by atoms with E-state index in [2.05, 4.69) is 9.46 Å². The zero-order valence-corrected chi connectivity index (χ0v) is 16.1. The van der Waals surface area contributed by atoms with E-state index in [9.17, 15) is 13.2 Å². The Bertz CT molecular complexity index is 886. The van der Waals surface area contributed by atoms with Crippen molar-refractivity contribution in [2.75, 3.05) is 20.3 Å². The number of hydrogen-bond acceptors (Lipinski definition) is 5. The number of aryl methyl sites for hydroxylation is 3. The lowest BCUT2D eigenvalue weighted by molar-refractivity contribution is 0.0599. The molecule has 0 aliphatic heterocycles. The van der Waals surface area contributed by atoms with Crippen LogP contribution < -0.4 is 9.46 Å². The molecule has 0 atom stereocenters. The highest BCUT2D eigenvalue weighted by molar-refractivity contribution is 7.89. The quantitative estimate of drug-likeness (QED) is 0.593. The lowest BCUT2D eigenvalue weighted by Gasteiger charge is -2.11. The minimum absolute atomic E-state index is 0.00917. The van der Waals surface area contributed by atoms with E-state index in [1.54, 1.807) is 13.0 Å². The van der Waals surface area contributed by atoms with Crippen LogP contribution in [-0.4, -0.2) is 34.6 Å². The standard InChI is InChI=1S/C19H23NO5S/c1-13-9-14(2)11-16(10-13)25-8-7-20-26(22,23)17-6-5-15(3)18(12-17)19(21)24-4/h5-6,9-12,20H,7-8H2,1-4H3. The van der Waals surface area contributed by atoms with Crippen molar-refractivity contribution in [3.05, 3.63) is 58.7 Å². The van der Waals surface area contributed by atoms with Gasteiger partial charge in [-0.25, -0.2) is 17.9 Å². The number of hydrogen-bond donors (Lipinski definition) is 1. The molecular formula is C19H23NO5S. The third-order valence-corrected chi connectivity index (χ3v) is 5.24. The average Bonchev–Trinajstić information content (AvgIpc) is 2.57. The lowest BCUT2D eigenvalue weighted by Crippen LogP contribution is -2.28. The van der Waals surface area contributed by atoms with Gasteiger partial charge in [-0.1, -0.05) is 12.1 Å². The van der Waals surface area contributed by atoms with Gasteiger partial charge in [0.1, 0.15) is 12.4 Å². The first-order valence-electron chi connectivity index (χ1n) is 8.12. The predicted molar refractivity (Wildman–Crippen MR) is 99.1 cm³/mol. The Morgan fingerprint density at radius 2 is 1.69 bits per heavy atom. The molecule has 0 aliphatic carbocycles. The molecule has 0 radical (unpaired) electrons.